The van der Waals surface area contributed by atoms with Crippen LogP contribution in [-0.4, -0.2) is 7.05 Å². The van der Waals surface area contributed by atoms with Gasteiger partial charge in [0.15, 0.2) is 0 Å². The molecule has 19 heavy (non-hydrogen) atoms. The summed E-state index contributed by atoms with van der Waals surface area (Å²) in [4.78, 5) is 0. The lowest BCUT2D eigenvalue weighted by Gasteiger charge is -2.34. The molecule has 3 rings (SSSR count). The van der Waals surface area contributed by atoms with Crippen LogP contribution in [0.25, 0.3) is 10.1 Å². The summed E-state index contributed by atoms with van der Waals surface area (Å²) in [6.07, 6.45) is 4.08. The molecular weight excluding hydrogens is 250 g/mol. The molecule has 0 amide bonds. The van der Waals surface area contributed by atoms with E-state index < -0.39 is 0 Å². The van der Waals surface area contributed by atoms with Gasteiger partial charge in [0.05, 0.1) is 0 Å². The van der Waals surface area contributed by atoms with Gasteiger partial charge in [-0.1, -0.05) is 38.5 Å². The quantitative estimate of drug-likeness (QED) is 0.831. The van der Waals surface area contributed by atoms with E-state index in [1.807, 2.05) is 11.3 Å². The molecule has 1 nitrogen and oxygen atoms in total. The molecule has 0 radical (unpaired) electrons. The highest BCUT2D eigenvalue weighted by molar-refractivity contribution is 7.17. The first-order valence-electron chi connectivity index (χ1n) is 7.27. The Bertz CT molecular complexity index is 569. The summed E-state index contributed by atoms with van der Waals surface area (Å²) in [5, 5.41) is 7.20. The molecule has 1 aliphatic rings. The number of rotatable bonds is 3. The van der Waals surface area contributed by atoms with Crippen LogP contribution in [0.5, 0.6) is 0 Å². The fourth-order valence-electron chi connectivity index (χ4n) is 3.81. The highest BCUT2D eigenvalue weighted by Crippen LogP contribution is 2.49. The van der Waals surface area contributed by atoms with Crippen LogP contribution in [0.15, 0.2) is 29.6 Å². The number of thiophene rings is 1. The van der Waals surface area contributed by atoms with Crippen LogP contribution in [0.2, 0.25) is 0 Å². The van der Waals surface area contributed by atoms with Crippen molar-refractivity contribution in [1.29, 1.82) is 0 Å². The van der Waals surface area contributed by atoms with E-state index >= 15 is 0 Å². The molecule has 1 saturated carbocycles. The molecule has 1 N–H and O–H groups in total. The third-order valence-electron chi connectivity index (χ3n) is 4.90. The van der Waals surface area contributed by atoms with E-state index in [1.54, 1.807) is 0 Å². The second-order valence-electron chi connectivity index (χ2n) is 6.44. The molecular formula is C17H23NS. The average molecular weight is 273 g/mol. The second kappa shape index (κ2) is 4.92. The fraction of sp³-hybridized carbons (Fsp3) is 0.529. The van der Waals surface area contributed by atoms with Gasteiger partial charge in [0.25, 0.3) is 0 Å². The Kier molecular flexibility index (Phi) is 3.40. The Hall–Kier alpha value is -0.860. The van der Waals surface area contributed by atoms with E-state index in [-0.39, 0.29) is 0 Å². The third kappa shape index (κ3) is 2.21. The van der Waals surface area contributed by atoms with Crippen molar-refractivity contribution in [1.82, 2.24) is 5.32 Å². The van der Waals surface area contributed by atoms with E-state index in [1.165, 1.54) is 34.9 Å². The molecule has 1 aliphatic carbocycles. The van der Waals surface area contributed by atoms with Gasteiger partial charge in [-0.25, -0.2) is 0 Å². The molecule has 2 unspecified atom stereocenters. The van der Waals surface area contributed by atoms with Crippen LogP contribution in [-0.2, 0) is 0 Å². The standard InChI is InChI=1S/C17H23NS/c1-17(2)10-5-8-14(17)15(18-3)13-7-4-6-12-9-11-19-16(12)13/h4,6-7,9,11,14-15,18H,5,8,10H2,1-3H3. The van der Waals surface area contributed by atoms with Crippen LogP contribution in [0.3, 0.4) is 0 Å². The molecule has 2 heteroatoms. The maximum absolute atomic E-state index is 3.60. The molecule has 2 atom stereocenters. The topological polar surface area (TPSA) is 12.0 Å². The van der Waals surface area contributed by atoms with Gasteiger partial charge < -0.3 is 5.32 Å². The summed E-state index contributed by atoms with van der Waals surface area (Å²) in [5.41, 5.74) is 1.95. The van der Waals surface area contributed by atoms with E-state index in [4.69, 9.17) is 0 Å². The van der Waals surface area contributed by atoms with Gasteiger partial charge in [0.2, 0.25) is 0 Å². The Labute approximate surface area is 120 Å². The molecule has 0 saturated heterocycles. The van der Waals surface area contributed by atoms with Crippen molar-refractivity contribution in [2.24, 2.45) is 11.3 Å². The minimum atomic E-state index is 0.451. The zero-order valence-electron chi connectivity index (χ0n) is 12.1. The predicted octanol–water partition coefficient (Wildman–Crippen LogP) is 4.99. The SMILES string of the molecule is CNC(c1cccc2ccsc12)C1CCCC1(C)C. The molecule has 0 bridgehead atoms. The summed E-state index contributed by atoms with van der Waals surface area (Å²) in [5.74, 6) is 0.741. The molecule has 2 aromatic rings. The molecule has 1 fully saturated rings. The van der Waals surface area contributed by atoms with Crippen molar-refractivity contribution < 1.29 is 0 Å². The maximum Gasteiger partial charge on any atom is 0.0390 e. The minimum absolute atomic E-state index is 0.451. The van der Waals surface area contributed by atoms with Crippen molar-refractivity contribution in [3.05, 3.63) is 35.2 Å². The fourth-order valence-corrected chi connectivity index (χ4v) is 4.76. The van der Waals surface area contributed by atoms with Crippen molar-refractivity contribution in [3.63, 3.8) is 0 Å². The number of nitrogens with one attached hydrogen (secondary N) is 1. The maximum atomic E-state index is 3.60. The van der Waals surface area contributed by atoms with Gasteiger partial charge in [-0.3, -0.25) is 0 Å². The molecule has 1 aromatic carbocycles. The molecule has 102 valence electrons. The lowest BCUT2D eigenvalue weighted by molar-refractivity contribution is 0.204. The third-order valence-corrected chi connectivity index (χ3v) is 5.88. The van der Waals surface area contributed by atoms with Crippen molar-refractivity contribution >= 4 is 21.4 Å². The first kappa shape index (κ1) is 13.1. The highest BCUT2D eigenvalue weighted by Gasteiger charge is 2.39. The lowest BCUT2D eigenvalue weighted by atomic mass is 9.75. The van der Waals surface area contributed by atoms with Gasteiger partial charge in [-0.2, -0.15) is 0 Å². The smallest absolute Gasteiger partial charge is 0.0390 e. The van der Waals surface area contributed by atoms with Crippen LogP contribution in [0.4, 0.5) is 0 Å². The van der Waals surface area contributed by atoms with Gasteiger partial charge in [-0.05, 0) is 53.6 Å². The van der Waals surface area contributed by atoms with Gasteiger partial charge >= 0.3 is 0 Å². The minimum Gasteiger partial charge on any atom is -0.313 e. The Balaban J connectivity index is 2.05. The molecule has 1 heterocycles. The number of hydrogen-bond acceptors (Lipinski definition) is 2. The number of fused-ring (bicyclic) bond motifs is 1. The molecule has 0 spiro atoms. The summed E-state index contributed by atoms with van der Waals surface area (Å²) in [6, 6.07) is 9.46. The molecule has 1 aromatic heterocycles. The van der Waals surface area contributed by atoms with Crippen molar-refractivity contribution in [3.8, 4) is 0 Å². The number of benzene rings is 1. The molecule has 0 aliphatic heterocycles. The predicted molar refractivity (Wildman–Crippen MR) is 84.7 cm³/mol. The number of hydrogen-bond donors (Lipinski definition) is 1. The van der Waals surface area contributed by atoms with Crippen molar-refractivity contribution in [2.45, 2.75) is 39.2 Å². The summed E-state index contributed by atoms with van der Waals surface area (Å²) in [6.45, 7) is 4.87. The largest absolute Gasteiger partial charge is 0.313 e. The second-order valence-corrected chi connectivity index (χ2v) is 7.36. The Morgan fingerprint density at radius 2 is 2.16 bits per heavy atom. The monoisotopic (exact) mass is 273 g/mol. The highest BCUT2D eigenvalue weighted by atomic mass is 32.1. The van der Waals surface area contributed by atoms with E-state index in [9.17, 15) is 0 Å². The Morgan fingerprint density at radius 1 is 1.32 bits per heavy atom. The van der Waals surface area contributed by atoms with Crippen LogP contribution >= 0.6 is 11.3 Å². The van der Waals surface area contributed by atoms with Crippen LogP contribution < -0.4 is 5.32 Å². The summed E-state index contributed by atoms with van der Waals surface area (Å²) < 4.78 is 1.46. The van der Waals surface area contributed by atoms with Gasteiger partial charge in [0, 0.05) is 10.7 Å². The van der Waals surface area contributed by atoms with Crippen LogP contribution in [0.1, 0.15) is 44.7 Å². The van der Waals surface area contributed by atoms with E-state index in [0.29, 0.717) is 11.5 Å². The Morgan fingerprint density at radius 3 is 2.84 bits per heavy atom. The van der Waals surface area contributed by atoms with E-state index in [0.717, 1.165) is 5.92 Å². The zero-order valence-corrected chi connectivity index (χ0v) is 12.9. The van der Waals surface area contributed by atoms with Crippen molar-refractivity contribution in [2.75, 3.05) is 7.05 Å². The summed E-state index contributed by atoms with van der Waals surface area (Å²) >= 11 is 1.88. The van der Waals surface area contributed by atoms with E-state index in [2.05, 4.69) is 55.9 Å². The summed E-state index contributed by atoms with van der Waals surface area (Å²) in [7, 11) is 2.12. The lowest BCUT2D eigenvalue weighted by Crippen LogP contribution is -2.32. The van der Waals surface area contributed by atoms with Crippen LogP contribution in [0, 0.1) is 11.3 Å². The first-order valence-corrected chi connectivity index (χ1v) is 8.15. The normalized spacial score (nSPS) is 23.8. The van der Waals surface area contributed by atoms with Gasteiger partial charge in [0.1, 0.15) is 0 Å². The zero-order chi connectivity index (χ0) is 13.5. The first-order chi connectivity index (χ1) is 9.13. The van der Waals surface area contributed by atoms with Gasteiger partial charge in [-0.15, -0.1) is 11.3 Å². The average Bonchev–Trinajstić information content (AvgIpc) is 2.98.